The summed E-state index contributed by atoms with van der Waals surface area (Å²) in [6.07, 6.45) is 1.89. The lowest BCUT2D eigenvalue weighted by molar-refractivity contribution is -0.00659. The van der Waals surface area contributed by atoms with Crippen LogP contribution >= 0.6 is 11.3 Å². The molecule has 2 aromatic rings. The third-order valence-corrected chi connectivity index (χ3v) is 5.30. The number of hydrogen-bond donors (Lipinski definition) is 2. The number of ether oxygens (including phenoxy) is 1. The van der Waals surface area contributed by atoms with Crippen molar-refractivity contribution >= 4 is 27.5 Å². The lowest BCUT2D eigenvalue weighted by Gasteiger charge is -2.42. The zero-order chi connectivity index (χ0) is 14.9. The fourth-order valence-electron chi connectivity index (χ4n) is 2.84. The van der Waals surface area contributed by atoms with Gasteiger partial charge in [0.05, 0.1) is 10.2 Å². The highest BCUT2D eigenvalue weighted by atomic mass is 32.1. The summed E-state index contributed by atoms with van der Waals surface area (Å²) in [5, 5.41) is 5.10. The van der Waals surface area contributed by atoms with Gasteiger partial charge in [0.25, 0.3) is 5.91 Å². The molecule has 1 amide bonds. The SMILES string of the molecule is CN(C)C1(CNC(=O)c2cc3sccc3[nH]2)CCOCC1. The molecule has 1 aliphatic rings. The molecule has 1 fully saturated rings. The lowest BCUT2D eigenvalue weighted by atomic mass is 9.88. The molecule has 21 heavy (non-hydrogen) atoms. The zero-order valence-corrected chi connectivity index (χ0v) is 13.3. The summed E-state index contributed by atoms with van der Waals surface area (Å²) in [7, 11) is 4.14. The monoisotopic (exact) mass is 307 g/mol. The van der Waals surface area contributed by atoms with Crippen LogP contribution < -0.4 is 5.32 Å². The molecular weight excluding hydrogens is 286 g/mol. The van der Waals surface area contributed by atoms with Crippen molar-refractivity contribution in [3.8, 4) is 0 Å². The third kappa shape index (κ3) is 2.84. The molecule has 1 aliphatic heterocycles. The van der Waals surface area contributed by atoms with Crippen molar-refractivity contribution in [2.75, 3.05) is 33.9 Å². The third-order valence-electron chi connectivity index (χ3n) is 4.43. The van der Waals surface area contributed by atoms with Crippen LogP contribution in [0, 0.1) is 0 Å². The van der Waals surface area contributed by atoms with Gasteiger partial charge in [-0.3, -0.25) is 4.79 Å². The van der Waals surface area contributed by atoms with E-state index < -0.39 is 0 Å². The van der Waals surface area contributed by atoms with Gasteiger partial charge in [0.2, 0.25) is 0 Å². The molecule has 2 N–H and O–H groups in total. The number of fused-ring (bicyclic) bond motifs is 1. The summed E-state index contributed by atoms with van der Waals surface area (Å²) in [6.45, 7) is 2.16. The van der Waals surface area contributed by atoms with E-state index in [2.05, 4.69) is 29.3 Å². The molecule has 6 heteroatoms. The Morgan fingerprint density at radius 1 is 1.48 bits per heavy atom. The number of rotatable bonds is 4. The van der Waals surface area contributed by atoms with Gasteiger partial charge in [0.15, 0.2) is 0 Å². The smallest absolute Gasteiger partial charge is 0.267 e. The van der Waals surface area contributed by atoms with Crippen LogP contribution in [0.5, 0.6) is 0 Å². The molecule has 2 aromatic heterocycles. The fraction of sp³-hybridized carbons (Fsp3) is 0.533. The van der Waals surface area contributed by atoms with Gasteiger partial charge < -0.3 is 19.9 Å². The number of hydrogen-bond acceptors (Lipinski definition) is 4. The maximum atomic E-state index is 12.3. The molecule has 0 unspecified atom stereocenters. The summed E-state index contributed by atoms with van der Waals surface area (Å²) >= 11 is 1.64. The fourth-order valence-corrected chi connectivity index (χ4v) is 3.63. The van der Waals surface area contributed by atoms with E-state index in [1.165, 1.54) is 0 Å². The predicted octanol–water partition coefficient (Wildman–Crippen LogP) is 2.07. The van der Waals surface area contributed by atoms with E-state index >= 15 is 0 Å². The first-order valence-corrected chi connectivity index (χ1v) is 8.08. The van der Waals surface area contributed by atoms with Crippen molar-refractivity contribution in [1.82, 2.24) is 15.2 Å². The van der Waals surface area contributed by atoms with E-state index in [1.807, 2.05) is 17.5 Å². The van der Waals surface area contributed by atoms with E-state index in [0.29, 0.717) is 12.2 Å². The van der Waals surface area contributed by atoms with E-state index in [0.717, 1.165) is 36.3 Å². The Labute approximate surface area is 128 Å². The summed E-state index contributed by atoms with van der Waals surface area (Å²) in [4.78, 5) is 17.7. The Bertz CT molecular complexity index is 597. The summed E-state index contributed by atoms with van der Waals surface area (Å²) < 4.78 is 6.57. The predicted molar refractivity (Wildman–Crippen MR) is 85.0 cm³/mol. The van der Waals surface area contributed by atoms with Crippen LogP contribution in [0.2, 0.25) is 0 Å². The van der Waals surface area contributed by atoms with E-state index in [1.54, 1.807) is 11.3 Å². The molecule has 0 radical (unpaired) electrons. The minimum atomic E-state index is -0.0360. The van der Waals surface area contributed by atoms with Crippen LogP contribution in [0.3, 0.4) is 0 Å². The number of H-pyrrole nitrogens is 1. The van der Waals surface area contributed by atoms with Crippen molar-refractivity contribution < 1.29 is 9.53 Å². The van der Waals surface area contributed by atoms with Gasteiger partial charge in [-0.05, 0) is 44.4 Å². The normalized spacial score (nSPS) is 18.2. The maximum absolute atomic E-state index is 12.3. The molecule has 0 bridgehead atoms. The summed E-state index contributed by atoms with van der Waals surface area (Å²) in [5.41, 5.74) is 1.66. The van der Waals surface area contributed by atoms with Crippen LogP contribution in [-0.4, -0.2) is 55.2 Å². The van der Waals surface area contributed by atoms with Crippen molar-refractivity contribution in [1.29, 1.82) is 0 Å². The molecule has 3 heterocycles. The Morgan fingerprint density at radius 3 is 2.90 bits per heavy atom. The quantitative estimate of drug-likeness (QED) is 0.909. The van der Waals surface area contributed by atoms with Crippen LogP contribution in [0.1, 0.15) is 23.3 Å². The van der Waals surface area contributed by atoms with Gasteiger partial charge in [-0.1, -0.05) is 0 Å². The van der Waals surface area contributed by atoms with Gasteiger partial charge in [-0.2, -0.15) is 0 Å². The number of nitrogens with zero attached hydrogens (tertiary/aromatic N) is 1. The first-order valence-electron chi connectivity index (χ1n) is 7.20. The highest BCUT2D eigenvalue weighted by Crippen LogP contribution is 2.25. The minimum Gasteiger partial charge on any atom is -0.381 e. The molecule has 114 valence electrons. The summed E-state index contributed by atoms with van der Waals surface area (Å²) in [6, 6.07) is 3.91. The largest absolute Gasteiger partial charge is 0.381 e. The van der Waals surface area contributed by atoms with Gasteiger partial charge in [0, 0.05) is 25.3 Å². The van der Waals surface area contributed by atoms with E-state index in [9.17, 15) is 4.79 Å². The molecule has 5 nitrogen and oxygen atoms in total. The highest BCUT2D eigenvalue weighted by Gasteiger charge is 2.35. The number of likely N-dealkylation sites (N-methyl/N-ethyl adjacent to an activating group) is 1. The van der Waals surface area contributed by atoms with Crippen molar-refractivity contribution in [3.63, 3.8) is 0 Å². The second-order valence-corrected chi connectivity index (χ2v) is 6.74. The molecule has 0 spiro atoms. The number of carbonyl (C=O) groups excluding carboxylic acids is 1. The molecular formula is C15H21N3O2S. The average molecular weight is 307 g/mol. The number of aromatic nitrogens is 1. The number of aromatic amines is 1. The van der Waals surface area contributed by atoms with Gasteiger partial charge in [-0.15, -0.1) is 11.3 Å². The average Bonchev–Trinajstić information content (AvgIpc) is 3.07. The Balaban J connectivity index is 1.67. The summed E-state index contributed by atoms with van der Waals surface area (Å²) in [5.74, 6) is -0.0360. The molecule has 0 aromatic carbocycles. The molecule has 0 atom stereocenters. The van der Waals surface area contributed by atoms with Crippen LogP contribution in [0.25, 0.3) is 10.2 Å². The van der Waals surface area contributed by atoms with Crippen LogP contribution in [0.15, 0.2) is 17.5 Å². The Morgan fingerprint density at radius 2 is 2.24 bits per heavy atom. The van der Waals surface area contributed by atoms with E-state index in [4.69, 9.17) is 4.74 Å². The van der Waals surface area contributed by atoms with Gasteiger partial charge in [-0.25, -0.2) is 0 Å². The zero-order valence-electron chi connectivity index (χ0n) is 12.4. The standard InChI is InChI=1S/C15H21N3O2S/c1-18(2)15(4-6-20-7-5-15)10-16-14(19)12-9-13-11(17-12)3-8-21-13/h3,8-9,17H,4-7,10H2,1-2H3,(H,16,19). The maximum Gasteiger partial charge on any atom is 0.267 e. The van der Waals surface area contributed by atoms with E-state index in [-0.39, 0.29) is 11.4 Å². The van der Waals surface area contributed by atoms with Crippen LogP contribution in [-0.2, 0) is 4.74 Å². The number of amides is 1. The molecule has 3 rings (SSSR count). The number of thiophene rings is 1. The highest BCUT2D eigenvalue weighted by molar-refractivity contribution is 7.17. The molecule has 1 saturated heterocycles. The topological polar surface area (TPSA) is 57.4 Å². The number of carbonyl (C=O) groups is 1. The van der Waals surface area contributed by atoms with Gasteiger partial charge >= 0.3 is 0 Å². The van der Waals surface area contributed by atoms with Crippen molar-refractivity contribution in [2.45, 2.75) is 18.4 Å². The van der Waals surface area contributed by atoms with Crippen LogP contribution in [0.4, 0.5) is 0 Å². The second-order valence-electron chi connectivity index (χ2n) is 5.80. The lowest BCUT2D eigenvalue weighted by Crippen LogP contribution is -2.55. The first-order chi connectivity index (χ1) is 10.1. The molecule has 0 aliphatic carbocycles. The Kier molecular flexibility index (Phi) is 4.01. The minimum absolute atomic E-state index is 0.00210. The number of nitrogens with one attached hydrogen (secondary N) is 2. The first kappa shape index (κ1) is 14.6. The van der Waals surface area contributed by atoms with Crippen molar-refractivity contribution in [3.05, 3.63) is 23.2 Å². The molecule has 0 saturated carbocycles. The Hall–Kier alpha value is -1.37. The van der Waals surface area contributed by atoms with Gasteiger partial charge in [0.1, 0.15) is 5.69 Å². The van der Waals surface area contributed by atoms with Crippen molar-refractivity contribution in [2.24, 2.45) is 0 Å². The second kappa shape index (κ2) is 5.79.